The van der Waals surface area contributed by atoms with Gasteiger partial charge in [0.15, 0.2) is 6.61 Å². The minimum Gasteiger partial charge on any atom is -0.483 e. The minimum absolute atomic E-state index is 0.160. The number of carbonyl (C=O) groups excluding carboxylic acids is 1. The fourth-order valence-corrected chi connectivity index (χ4v) is 4.32. The Morgan fingerprint density at radius 3 is 2.66 bits per heavy atom. The lowest BCUT2D eigenvalue weighted by Gasteiger charge is -2.08. The molecular formula is C25H21BrClN3O2. The Morgan fingerprint density at radius 1 is 1.12 bits per heavy atom. The van der Waals surface area contributed by atoms with E-state index in [9.17, 15) is 4.79 Å². The normalized spacial score (nSPS) is 11.2. The summed E-state index contributed by atoms with van der Waals surface area (Å²) in [4.78, 5) is 12.2. The Balaban J connectivity index is 1.47. The number of hydrogen-bond acceptors (Lipinski definition) is 3. The summed E-state index contributed by atoms with van der Waals surface area (Å²) in [5, 5.41) is 5.84. The third kappa shape index (κ3) is 5.03. The topological polar surface area (TPSA) is 55.6 Å². The van der Waals surface area contributed by atoms with Crippen molar-refractivity contribution in [3.63, 3.8) is 0 Å². The predicted molar refractivity (Wildman–Crippen MR) is 133 cm³/mol. The Morgan fingerprint density at radius 2 is 1.88 bits per heavy atom. The highest BCUT2D eigenvalue weighted by atomic mass is 79.9. The number of ether oxygens (including phenoxy) is 1. The average Bonchev–Trinajstić information content (AvgIpc) is 3.05. The number of hydrazone groups is 1. The third-order valence-corrected chi connectivity index (χ3v) is 5.95. The molecule has 0 atom stereocenters. The van der Waals surface area contributed by atoms with Gasteiger partial charge >= 0.3 is 0 Å². The van der Waals surface area contributed by atoms with E-state index < -0.39 is 0 Å². The second-order valence-corrected chi connectivity index (χ2v) is 8.54. The zero-order chi connectivity index (χ0) is 22.5. The Hall–Kier alpha value is -3.09. The van der Waals surface area contributed by atoms with Gasteiger partial charge in [-0.2, -0.15) is 5.10 Å². The summed E-state index contributed by atoms with van der Waals surface area (Å²) in [6.07, 6.45) is 1.69. The van der Waals surface area contributed by atoms with Gasteiger partial charge in [-0.05, 0) is 52.7 Å². The van der Waals surface area contributed by atoms with E-state index in [-0.39, 0.29) is 12.5 Å². The number of carbonyl (C=O) groups is 1. The number of fused-ring (bicyclic) bond motifs is 1. The minimum atomic E-state index is -0.353. The van der Waals surface area contributed by atoms with E-state index in [1.165, 1.54) is 5.56 Å². The molecule has 162 valence electrons. The zero-order valence-electron chi connectivity index (χ0n) is 17.4. The smallest absolute Gasteiger partial charge is 0.277 e. The van der Waals surface area contributed by atoms with Crippen LogP contribution in [0.2, 0.25) is 5.02 Å². The lowest BCUT2D eigenvalue weighted by Crippen LogP contribution is -2.24. The molecule has 0 aliphatic carbocycles. The molecule has 0 unspecified atom stereocenters. The molecule has 0 saturated carbocycles. The number of rotatable bonds is 7. The van der Waals surface area contributed by atoms with E-state index in [1.807, 2.05) is 30.3 Å². The summed E-state index contributed by atoms with van der Waals surface area (Å²) < 4.78 is 8.47. The molecule has 0 aliphatic heterocycles. The van der Waals surface area contributed by atoms with Crippen molar-refractivity contribution >= 4 is 50.6 Å². The number of nitrogens with zero attached hydrogens (tertiary/aromatic N) is 2. The summed E-state index contributed by atoms with van der Waals surface area (Å²) in [6.45, 7) is 2.66. The first-order valence-electron chi connectivity index (χ1n) is 10.0. The molecule has 0 fully saturated rings. The number of benzene rings is 3. The molecule has 1 aromatic heterocycles. The molecule has 1 heterocycles. The summed E-state index contributed by atoms with van der Waals surface area (Å²) in [5.74, 6) is 0.183. The fourth-order valence-electron chi connectivity index (χ4n) is 3.53. The third-order valence-electron chi connectivity index (χ3n) is 5.10. The monoisotopic (exact) mass is 509 g/mol. The maximum Gasteiger partial charge on any atom is 0.277 e. The SMILES string of the molecule is Cc1c(C=NNC(=O)COc2ccc(Cl)cc2Br)c2ccccc2n1Cc1ccccc1. The number of aromatic nitrogens is 1. The molecule has 1 amide bonds. The van der Waals surface area contributed by atoms with Crippen LogP contribution < -0.4 is 10.2 Å². The van der Waals surface area contributed by atoms with Gasteiger partial charge in [-0.15, -0.1) is 0 Å². The maximum absolute atomic E-state index is 12.2. The highest BCUT2D eigenvalue weighted by Crippen LogP contribution is 2.28. The van der Waals surface area contributed by atoms with Crippen molar-refractivity contribution in [2.24, 2.45) is 5.10 Å². The van der Waals surface area contributed by atoms with E-state index >= 15 is 0 Å². The van der Waals surface area contributed by atoms with Crippen molar-refractivity contribution in [3.05, 3.63) is 99.1 Å². The summed E-state index contributed by atoms with van der Waals surface area (Å²) in [6, 6.07) is 23.6. The Kier molecular flexibility index (Phi) is 6.93. The molecule has 0 bridgehead atoms. The molecule has 0 spiro atoms. The molecule has 3 aromatic carbocycles. The molecule has 0 saturated heterocycles. The molecule has 4 aromatic rings. The maximum atomic E-state index is 12.2. The van der Waals surface area contributed by atoms with Gasteiger partial charge in [0.25, 0.3) is 5.91 Å². The van der Waals surface area contributed by atoms with Crippen molar-refractivity contribution in [1.29, 1.82) is 0 Å². The van der Waals surface area contributed by atoms with Crippen LogP contribution in [0.4, 0.5) is 0 Å². The van der Waals surface area contributed by atoms with Crippen LogP contribution in [-0.4, -0.2) is 23.3 Å². The summed E-state index contributed by atoms with van der Waals surface area (Å²) in [5.41, 5.74) is 6.93. The number of amides is 1. The van der Waals surface area contributed by atoms with Crippen molar-refractivity contribution in [2.75, 3.05) is 6.61 Å². The van der Waals surface area contributed by atoms with Crippen LogP contribution in [-0.2, 0) is 11.3 Å². The van der Waals surface area contributed by atoms with Gasteiger partial charge in [-0.1, -0.05) is 60.1 Å². The number of halogens is 2. The lowest BCUT2D eigenvalue weighted by molar-refractivity contribution is -0.123. The Bertz CT molecular complexity index is 1290. The van der Waals surface area contributed by atoms with Crippen molar-refractivity contribution in [2.45, 2.75) is 13.5 Å². The van der Waals surface area contributed by atoms with Gasteiger partial charge in [0.1, 0.15) is 5.75 Å². The van der Waals surface area contributed by atoms with E-state index in [4.69, 9.17) is 16.3 Å². The van der Waals surface area contributed by atoms with Crippen LogP contribution in [0, 0.1) is 6.92 Å². The van der Waals surface area contributed by atoms with Crippen LogP contribution in [0.3, 0.4) is 0 Å². The number of nitrogens with one attached hydrogen (secondary N) is 1. The van der Waals surface area contributed by atoms with Gasteiger partial charge in [0, 0.05) is 33.7 Å². The molecule has 0 aliphatic rings. The van der Waals surface area contributed by atoms with Gasteiger partial charge in [0.05, 0.1) is 10.7 Å². The average molecular weight is 511 g/mol. The van der Waals surface area contributed by atoms with Crippen LogP contribution >= 0.6 is 27.5 Å². The quantitative estimate of drug-likeness (QED) is 0.247. The Labute approximate surface area is 199 Å². The van der Waals surface area contributed by atoms with Crippen LogP contribution in [0.25, 0.3) is 10.9 Å². The van der Waals surface area contributed by atoms with Gasteiger partial charge in [0.2, 0.25) is 0 Å². The predicted octanol–water partition coefficient (Wildman–Crippen LogP) is 5.94. The highest BCUT2D eigenvalue weighted by Gasteiger charge is 2.13. The summed E-state index contributed by atoms with van der Waals surface area (Å²) in [7, 11) is 0. The second kappa shape index (κ2) is 10.0. The summed E-state index contributed by atoms with van der Waals surface area (Å²) >= 11 is 9.29. The molecule has 1 N–H and O–H groups in total. The largest absolute Gasteiger partial charge is 0.483 e. The van der Waals surface area contributed by atoms with E-state index in [2.05, 4.69) is 62.2 Å². The molecular weight excluding hydrogens is 490 g/mol. The first-order valence-corrected chi connectivity index (χ1v) is 11.2. The van der Waals surface area contributed by atoms with E-state index in [0.717, 1.165) is 28.7 Å². The first-order chi connectivity index (χ1) is 15.5. The zero-order valence-corrected chi connectivity index (χ0v) is 19.7. The highest BCUT2D eigenvalue weighted by molar-refractivity contribution is 9.10. The van der Waals surface area contributed by atoms with Crippen LogP contribution in [0.15, 0.2) is 82.4 Å². The number of hydrogen-bond donors (Lipinski definition) is 1. The molecule has 0 radical (unpaired) electrons. The van der Waals surface area contributed by atoms with Crippen LogP contribution in [0.1, 0.15) is 16.8 Å². The standard InChI is InChI=1S/C25H21BrClN3O2/c1-17-21(14-28-29-25(31)16-32-24-12-11-19(27)13-22(24)26)20-9-5-6-10-23(20)30(17)15-18-7-3-2-4-8-18/h2-14H,15-16H2,1H3,(H,29,31). The second-order valence-electron chi connectivity index (χ2n) is 7.24. The van der Waals surface area contributed by atoms with Crippen molar-refractivity contribution in [1.82, 2.24) is 9.99 Å². The van der Waals surface area contributed by atoms with E-state index in [0.29, 0.717) is 15.2 Å². The van der Waals surface area contributed by atoms with Crippen molar-refractivity contribution in [3.8, 4) is 5.75 Å². The van der Waals surface area contributed by atoms with Gasteiger partial charge in [-0.3, -0.25) is 4.79 Å². The fraction of sp³-hybridized carbons (Fsp3) is 0.120. The molecule has 32 heavy (non-hydrogen) atoms. The molecule has 5 nitrogen and oxygen atoms in total. The van der Waals surface area contributed by atoms with Crippen molar-refractivity contribution < 1.29 is 9.53 Å². The van der Waals surface area contributed by atoms with E-state index in [1.54, 1.807) is 24.4 Å². The molecule has 7 heteroatoms. The van der Waals surface area contributed by atoms with Gasteiger partial charge in [-0.25, -0.2) is 5.43 Å². The number of para-hydroxylation sites is 1. The first kappa shape index (κ1) is 22.1. The molecule has 4 rings (SSSR count). The van der Waals surface area contributed by atoms with Crippen LogP contribution in [0.5, 0.6) is 5.75 Å². The van der Waals surface area contributed by atoms with Gasteiger partial charge < -0.3 is 9.30 Å². The lowest BCUT2D eigenvalue weighted by atomic mass is 10.1.